The van der Waals surface area contributed by atoms with Crippen molar-refractivity contribution in [3.63, 3.8) is 0 Å². The van der Waals surface area contributed by atoms with E-state index in [1.807, 2.05) is 55.5 Å². The van der Waals surface area contributed by atoms with Crippen LogP contribution in [0.15, 0.2) is 60.7 Å². The Morgan fingerprint density at radius 1 is 1.03 bits per heavy atom. The predicted octanol–water partition coefficient (Wildman–Crippen LogP) is 4.59. The van der Waals surface area contributed by atoms with Gasteiger partial charge in [-0.2, -0.15) is 0 Å². The fraction of sp³-hybridized carbons (Fsp3) is 0.217. The summed E-state index contributed by atoms with van der Waals surface area (Å²) in [5, 5.41) is 12.0. The van der Waals surface area contributed by atoms with E-state index in [1.165, 1.54) is 11.3 Å². The number of nitrogens with one attached hydrogen (secondary N) is 1. The van der Waals surface area contributed by atoms with Gasteiger partial charge in [-0.25, -0.2) is 9.59 Å². The van der Waals surface area contributed by atoms with Gasteiger partial charge in [0.2, 0.25) is 0 Å². The van der Waals surface area contributed by atoms with Crippen LogP contribution in [0.1, 0.15) is 26.8 Å². The van der Waals surface area contributed by atoms with Crippen molar-refractivity contribution in [1.82, 2.24) is 5.32 Å². The number of thiophene rings is 1. The molecule has 2 N–H and O–H groups in total. The lowest BCUT2D eigenvalue weighted by Gasteiger charge is -2.17. The third-order valence-corrected chi connectivity index (χ3v) is 6.16. The number of carbonyl (C=O) groups is 2. The standard InChI is InChI=1S/C23H21NO4S/c1-14-10-11-15(29-14)12-21(22(25)26)24-23(27)28-13-20-18-8-4-2-6-16(18)17-7-3-5-9-19(17)20/h2-11,20-21H,12-13H2,1H3,(H,24,27)(H,25,26)/t21-/m1/s1. The Morgan fingerprint density at radius 2 is 1.66 bits per heavy atom. The van der Waals surface area contributed by atoms with Crippen LogP contribution in [0.2, 0.25) is 0 Å². The van der Waals surface area contributed by atoms with E-state index in [0.717, 1.165) is 32.0 Å². The molecule has 6 heteroatoms. The Kier molecular flexibility index (Phi) is 5.36. The topological polar surface area (TPSA) is 75.6 Å². The molecule has 0 radical (unpaired) electrons. The summed E-state index contributed by atoms with van der Waals surface area (Å²) in [6.45, 7) is 2.12. The average molecular weight is 407 g/mol. The molecule has 1 aliphatic carbocycles. The minimum absolute atomic E-state index is 0.0589. The highest BCUT2D eigenvalue weighted by atomic mass is 32.1. The largest absolute Gasteiger partial charge is 0.480 e. The molecule has 0 spiro atoms. The van der Waals surface area contributed by atoms with Crippen molar-refractivity contribution >= 4 is 23.4 Å². The fourth-order valence-corrected chi connectivity index (χ4v) is 4.71. The normalized spacial score (nSPS) is 13.4. The van der Waals surface area contributed by atoms with Gasteiger partial charge in [-0.3, -0.25) is 0 Å². The lowest BCUT2D eigenvalue weighted by molar-refractivity contribution is -0.139. The predicted molar refractivity (Wildman–Crippen MR) is 112 cm³/mol. The number of rotatable bonds is 6. The maximum absolute atomic E-state index is 12.3. The summed E-state index contributed by atoms with van der Waals surface area (Å²) in [4.78, 5) is 25.9. The number of ether oxygens (including phenoxy) is 1. The molecule has 148 valence electrons. The van der Waals surface area contributed by atoms with Crippen LogP contribution in [0, 0.1) is 6.92 Å². The quantitative estimate of drug-likeness (QED) is 0.627. The summed E-state index contributed by atoms with van der Waals surface area (Å²) < 4.78 is 5.45. The van der Waals surface area contributed by atoms with Crippen molar-refractivity contribution < 1.29 is 19.4 Å². The second kappa shape index (κ2) is 8.09. The Hall–Kier alpha value is -3.12. The summed E-state index contributed by atoms with van der Waals surface area (Å²) >= 11 is 1.52. The monoisotopic (exact) mass is 407 g/mol. The van der Waals surface area contributed by atoms with Gasteiger partial charge in [0.25, 0.3) is 0 Å². The zero-order valence-corrected chi connectivity index (χ0v) is 16.7. The van der Waals surface area contributed by atoms with Crippen molar-refractivity contribution in [2.75, 3.05) is 6.61 Å². The summed E-state index contributed by atoms with van der Waals surface area (Å²) in [7, 11) is 0. The Balaban J connectivity index is 1.43. The molecular formula is C23H21NO4S. The van der Waals surface area contributed by atoms with E-state index in [0.29, 0.717) is 0 Å². The van der Waals surface area contributed by atoms with Crippen LogP contribution in [0.5, 0.6) is 0 Å². The number of fused-ring (bicyclic) bond motifs is 3. The second-order valence-electron chi connectivity index (χ2n) is 7.08. The number of carboxylic acids is 1. The van der Waals surface area contributed by atoms with E-state index in [4.69, 9.17) is 4.74 Å². The third kappa shape index (κ3) is 4.03. The average Bonchev–Trinajstić information content (AvgIpc) is 3.27. The Bertz CT molecular complexity index is 1010. The Morgan fingerprint density at radius 3 is 2.21 bits per heavy atom. The summed E-state index contributed by atoms with van der Waals surface area (Å²) in [6.07, 6.45) is -0.481. The van der Waals surface area contributed by atoms with Gasteiger partial charge in [0, 0.05) is 22.1 Å². The van der Waals surface area contributed by atoms with E-state index in [1.54, 1.807) is 0 Å². The number of carboxylic acid groups (broad SMARTS) is 1. The molecule has 2 aromatic carbocycles. The molecular weight excluding hydrogens is 386 g/mol. The highest BCUT2D eigenvalue weighted by Gasteiger charge is 2.29. The molecule has 3 aromatic rings. The van der Waals surface area contributed by atoms with Crippen molar-refractivity contribution in [3.8, 4) is 11.1 Å². The molecule has 0 bridgehead atoms. The van der Waals surface area contributed by atoms with E-state index >= 15 is 0 Å². The maximum Gasteiger partial charge on any atom is 0.407 e. The highest BCUT2D eigenvalue weighted by molar-refractivity contribution is 7.11. The number of carbonyl (C=O) groups excluding carboxylic acids is 1. The van der Waals surface area contributed by atoms with Crippen molar-refractivity contribution in [3.05, 3.63) is 81.5 Å². The number of hydrogen-bond acceptors (Lipinski definition) is 4. The number of hydrogen-bond donors (Lipinski definition) is 2. The van der Waals surface area contributed by atoms with Crippen LogP contribution in [0.4, 0.5) is 4.79 Å². The molecule has 5 nitrogen and oxygen atoms in total. The van der Waals surface area contributed by atoms with Gasteiger partial charge in [0.1, 0.15) is 12.6 Å². The molecule has 1 amide bonds. The second-order valence-corrected chi connectivity index (χ2v) is 8.45. The SMILES string of the molecule is Cc1ccc(C[C@@H](NC(=O)OCC2c3ccccc3-c3ccccc32)C(=O)O)s1. The molecule has 1 aliphatic rings. The van der Waals surface area contributed by atoms with Gasteiger partial charge >= 0.3 is 12.1 Å². The molecule has 0 fully saturated rings. The van der Waals surface area contributed by atoms with Gasteiger partial charge < -0.3 is 15.2 Å². The summed E-state index contributed by atoms with van der Waals surface area (Å²) in [6, 6.07) is 19.0. The summed E-state index contributed by atoms with van der Waals surface area (Å²) in [5.41, 5.74) is 4.53. The maximum atomic E-state index is 12.3. The van der Waals surface area contributed by atoms with Gasteiger partial charge in [-0.05, 0) is 41.3 Å². The molecule has 4 rings (SSSR count). The van der Waals surface area contributed by atoms with Crippen molar-refractivity contribution in [2.24, 2.45) is 0 Å². The smallest absolute Gasteiger partial charge is 0.407 e. The number of alkyl carbamates (subject to hydrolysis) is 1. The van der Waals surface area contributed by atoms with Gasteiger partial charge in [0.15, 0.2) is 0 Å². The van der Waals surface area contributed by atoms with E-state index < -0.39 is 18.1 Å². The molecule has 1 aromatic heterocycles. The van der Waals surface area contributed by atoms with E-state index in [9.17, 15) is 14.7 Å². The number of aliphatic carboxylic acids is 1. The third-order valence-electron chi connectivity index (χ3n) is 5.14. The zero-order chi connectivity index (χ0) is 20.4. The molecule has 1 atom stereocenters. The number of benzene rings is 2. The zero-order valence-electron chi connectivity index (χ0n) is 15.9. The van der Waals surface area contributed by atoms with Crippen LogP contribution in [0.3, 0.4) is 0 Å². The van der Waals surface area contributed by atoms with Gasteiger partial charge in [-0.1, -0.05) is 48.5 Å². The minimum atomic E-state index is -1.08. The van der Waals surface area contributed by atoms with Crippen LogP contribution < -0.4 is 5.32 Å². The number of amides is 1. The molecule has 0 saturated carbocycles. The first-order chi connectivity index (χ1) is 14.0. The Labute approximate surface area is 173 Å². The molecule has 1 heterocycles. The van der Waals surface area contributed by atoms with Gasteiger partial charge in [0.05, 0.1) is 0 Å². The van der Waals surface area contributed by atoms with Crippen LogP contribution in [-0.4, -0.2) is 29.8 Å². The molecule has 0 aliphatic heterocycles. The van der Waals surface area contributed by atoms with Crippen LogP contribution >= 0.6 is 11.3 Å². The molecule has 0 unspecified atom stereocenters. The fourth-order valence-electron chi connectivity index (χ4n) is 3.78. The first-order valence-corrected chi connectivity index (χ1v) is 10.2. The lowest BCUT2D eigenvalue weighted by atomic mass is 9.98. The van der Waals surface area contributed by atoms with Crippen molar-refractivity contribution in [2.45, 2.75) is 25.3 Å². The summed E-state index contributed by atoms with van der Waals surface area (Å²) in [5.74, 6) is -1.14. The van der Waals surface area contributed by atoms with Crippen LogP contribution in [0.25, 0.3) is 11.1 Å². The highest BCUT2D eigenvalue weighted by Crippen LogP contribution is 2.44. The number of aryl methyl sites for hydroxylation is 1. The first-order valence-electron chi connectivity index (χ1n) is 9.42. The van der Waals surface area contributed by atoms with E-state index in [2.05, 4.69) is 17.4 Å². The first kappa shape index (κ1) is 19.2. The van der Waals surface area contributed by atoms with Gasteiger partial charge in [-0.15, -0.1) is 11.3 Å². The minimum Gasteiger partial charge on any atom is -0.480 e. The van der Waals surface area contributed by atoms with Crippen molar-refractivity contribution in [1.29, 1.82) is 0 Å². The lowest BCUT2D eigenvalue weighted by Crippen LogP contribution is -2.42. The van der Waals surface area contributed by atoms with Crippen LogP contribution in [-0.2, 0) is 16.0 Å². The molecule has 29 heavy (non-hydrogen) atoms. The van der Waals surface area contributed by atoms with E-state index in [-0.39, 0.29) is 18.9 Å². The molecule has 0 saturated heterocycles.